The first-order valence-corrected chi connectivity index (χ1v) is 7.60. The Hall–Kier alpha value is -1.71. The molecule has 0 atom stereocenters. The number of urea groups is 1. The average Bonchev–Trinajstić information content (AvgIpc) is 2.93. The van der Waals surface area contributed by atoms with Gasteiger partial charge in [-0.25, -0.2) is 4.79 Å². The van der Waals surface area contributed by atoms with E-state index in [1.807, 2.05) is 12.1 Å². The predicted octanol–water partition coefficient (Wildman–Crippen LogP) is 2.75. The molecule has 0 saturated heterocycles. The van der Waals surface area contributed by atoms with Crippen LogP contribution in [0.5, 0.6) is 5.75 Å². The molecule has 1 aliphatic carbocycles. The van der Waals surface area contributed by atoms with Gasteiger partial charge >= 0.3 is 6.03 Å². The van der Waals surface area contributed by atoms with Gasteiger partial charge in [-0.05, 0) is 30.0 Å². The van der Waals surface area contributed by atoms with Crippen LogP contribution >= 0.6 is 0 Å². The van der Waals surface area contributed by atoms with Gasteiger partial charge in [0.25, 0.3) is 0 Å². The van der Waals surface area contributed by atoms with Crippen molar-refractivity contribution in [3.63, 3.8) is 0 Å². The van der Waals surface area contributed by atoms with Gasteiger partial charge in [-0.2, -0.15) is 0 Å². The largest absolute Gasteiger partial charge is 0.493 e. The molecule has 0 spiro atoms. The van der Waals surface area contributed by atoms with Crippen LogP contribution in [-0.2, 0) is 13.0 Å². The second-order valence-electron chi connectivity index (χ2n) is 5.70. The van der Waals surface area contributed by atoms with E-state index in [1.54, 1.807) is 0 Å². The van der Waals surface area contributed by atoms with Gasteiger partial charge in [0, 0.05) is 19.0 Å². The molecule has 2 amide bonds. The van der Waals surface area contributed by atoms with Crippen LogP contribution in [0.3, 0.4) is 0 Å². The fourth-order valence-electron chi connectivity index (χ4n) is 3.02. The minimum atomic E-state index is -0.0475. The van der Waals surface area contributed by atoms with Crippen molar-refractivity contribution in [2.24, 2.45) is 0 Å². The van der Waals surface area contributed by atoms with E-state index in [0.717, 1.165) is 37.2 Å². The molecule has 2 N–H and O–H groups in total. The van der Waals surface area contributed by atoms with E-state index in [4.69, 9.17) is 4.74 Å². The molecule has 3 rings (SSSR count). The summed E-state index contributed by atoms with van der Waals surface area (Å²) in [7, 11) is 0. The minimum Gasteiger partial charge on any atom is -0.493 e. The molecule has 2 aliphatic rings. The highest BCUT2D eigenvalue weighted by Crippen LogP contribution is 2.25. The zero-order valence-electron chi connectivity index (χ0n) is 11.8. The summed E-state index contributed by atoms with van der Waals surface area (Å²) in [6.45, 7) is 1.35. The standard InChI is InChI=1S/C16H22N2O2/c19-16(18-14-4-2-1-3-5-14)17-11-12-6-7-15-13(10-12)8-9-20-15/h6-7,10,14H,1-5,8-9,11H2,(H2,17,18,19). The third-order valence-electron chi connectivity index (χ3n) is 4.15. The maximum Gasteiger partial charge on any atom is 0.315 e. The number of rotatable bonds is 3. The quantitative estimate of drug-likeness (QED) is 0.890. The van der Waals surface area contributed by atoms with Crippen molar-refractivity contribution in [3.05, 3.63) is 29.3 Å². The normalized spacial score (nSPS) is 18.2. The molecule has 1 aromatic carbocycles. The first kappa shape index (κ1) is 13.3. The first-order valence-electron chi connectivity index (χ1n) is 7.60. The van der Waals surface area contributed by atoms with Crippen LogP contribution in [0.25, 0.3) is 0 Å². The molecule has 1 aromatic rings. The lowest BCUT2D eigenvalue weighted by Gasteiger charge is -2.22. The van der Waals surface area contributed by atoms with Crippen molar-refractivity contribution in [1.29, 1.82) is 0 Å². The average molecular weight is 274 g/mol. The number of ether oxygens (including phenoxy) is 1. The Balaban J connectivity index is 1.47. The smallest absolute Gasteiger partial charge is 0.315 e. The van der Waals surface area contributed by atoms with E-state index < -0.39 is 0 Å². The minimum absolute atomic E-state index is 0.0475. The van der Waals surface area contributed by atoms with Crippen LogP contribution in [-0.4, -0.2) is 18.7 Å². The maximum atomic E-state index is 11.9. The number of carbonyl (C=O) groups is 1. The fourth-order valence-corrected chi connectivity index (χ4v) is 3.02. The van der Waals surface area contributed by atoms with Gasteiger partial charge in [0.2, 0.25) is 0 Å². The van der Waals surface area contributed by atoms with Gasteiger partial charge in [0.05, 0.1) is 6.61 Å². The second-order valence-corrected chi connectivity index (χ2v) is 5.70. The van der Waals surface area contributed by atoms with Crippen LogP contribution < -0.4 is 15.4 Å². The molecule has 4 nitrogen and oxygen atoms in total. The summed E-state index contributed by atoms with van der Waals surface area (Å²) in [5.41, 5.74) is 2.38. The number of amides is 2. The Morgan fingerprint density at radius 3 is 2.95 bits per heavy atom. The van der Waals surface area contributed by atoms with E-state index in [1.165, 1.54) is 24.8 Å². The molecular weight excluding hydrogens is 252 g/mol. The highest BCUT2D eigenvalue weighted by molar-refractivity contribution is 5.74. The first-order chi connectivity index (χ1) is 9.81. The molecule has 0 unspecified atom stereocenters. The molecule has 1 fully saturated rings. The molecule has 4 heteroatoms. The Morgan fingerprint density at radius 2 is 2.10 bits per heavy atom. The van der Waals surface area contributed by atoms with E-state index >= 15 is 0 Å². The lowest BCUT2D eigenvalue weighted by Crippen LogP contribution is -2.42. The van der Waals surface area contributed by atoms with Gasteiger partial charge < -0.3 is 15.4 Å². The third kappa shape index (κ3) is 3.24. The summed E-state index contributed by atoms with van der Waals surface area (Å²) in [6, 6.07) is 6.46. The number of benzene rings is 1. The van der Waals surface area contributed by atoms with E-state index in [9.17, 15) is 4.79 Å². The number of carbonyl (C=O) groups excluding carboxylic acids is 1. The Labute approximate surface area is 119 Å². The molecule has 1 aliphatic heterocycles. The van der Waals surface area contributed by atoms with E-state index in [2.05, 4.69) is 16.7 Å². The van der Waals surface area contributed by atoms with Crippen molar-refractivity contribution in [2.45, 2.75) is 51.1 Å². The lowest BCUT2D eigenvalue weighted by molar-refractivity contribution is 0.232. The lowest BCUT2D eigenvalue weighted by atomic mass is 9.96. The van der Waals surface area contributed by atoms with Gasteiger partial charge in [0.15, 0.2) is 0 Å². The molecule has 0 bridgehead atoms. The van der Waals surface area contributed by atoms with Crippen molar-refractivity contribution >= 4 is 6.03 Å². The van der Waals surface area contributed by atoms with Crippen molar-refractivity contribution in [1.82, 2.24) is 10.6 Å². The molecule has 1 heterocycles. The summed E-state index contributed by atoms with van der Waals surface area (Å²) in [5.74, 6) is 0.986. The van der Waals surface area contributed by atoms with Gasteiger partial charge in [-0.1, -0.05) is 31.4 Å². The van der Waals surface area contributed by atoms with Crippen molar-refractivity contribution in [2.75, 3.05) is 6.61 Å². The Kier molecular flexibility index (Phi) is 4.09. The molecule has 0 radical (unpaired) electrons. The Morgan fingerprint density at radius 1 is 1.25 bits per heavy atom. The summed E-state index contributed by atoms with van der Waals surface area (Å²) in [5, 5.41) is 6.01. The van der Waals surface area contributed by atoms with Crippen LogP contribution in [0.4, 0.5) is 4.79 Å². The molecular formula is C16H22N2O2. The van der Waals surface area contributed by atoms with Crippen LogP contribution in [0.1, 0.15) is 43.2 Å². The van der Waals surface area contributed by atoms with Gasteiger partial charge in [-0.15, -0.1) is 0 Å². The highest BCUT2D eigenvalue weighted by Gasteiger charge is 2.16. The second kappa shape index (κ2) is 6.16. The summed E-state index contributed by atoms with van der Waals surface area (Å²) in [4.78, 5) is 11.9. The van der Waals surface area contributed by atoms with E-state index in [-0.39, 0.29) is 6.03 Å². The van der Waals surface area contributed by atoms with Crippen LogP contribution in [0.15, 0.2) is 18.2 Å². The topological polar surface area (TPSA) is 50.4 Å². The number of hydrogen-bond donors (Lipinski definition) is 2. The highest BCUT2D eigenvalue weighted by atomic mass is 16.5. The molecule has 0 aromatic heterocycles. The Bertz CT molecular complexity index is 481. The van der Waals surface area contributed by atoms with Gasteiger partial charge in [0.1, 0.15) is 5.75 Å². The summed E-state index contributed by atoms with van der Waals surface area (Å²) in [6.07, 6.45) is 6.97. The molecule has 20 heavy (non-hydrogen) atoms. The fraction of sp³-hybridized carbons (Fsp3) is 0.562. The number of fused-ring (bicyclic) bond motifs is 1. The summed E-state index contributed by atoms with van der Waals surface area (Å²) >= 11 is 0. The zero-order valence-corrected chi connectivity index (χ0v) is 11.8. The third-order valence-corrected chi connectivity index (χ3v) is 4.15. The monoisotopic (exact) mass is 274 g/mol. The number of nitrogens with one attached hydrogen (secondary N) is 2. The van der Waals surface area contributed by atoms with Gasteiger partial charge in [-0.3, -0.25) is 0 Å². The SMILES string of the molecule is O=C(NCc1ccc2c(c1)CCO2)NC1CCCCC1. The van der Waals surface area contributed by atoms with Crippen LogP contribution in [0.2, 0.25) is 0 Å². The predicted molar refractivity (Wildman–Crippen MR) is 77.9 cm³/mol. The maximum absolute atomic E-state index is 11.9. The number of hydrogen-bond acceptors (Lipinski definition) is 2. The molecule has 1 saturated carbocycles. The van der Waals surface area contributed by atoms with Crippen molar-refractivity contribution in [3.8, 4) is 5.75 Å². The summed E-state index contributed by atoms with van der Waals surface area (Å²) < 4.78 is 5.48. The molecule has 108 valence electrons. The van der Waals surface area contributed by atoms with E-state index in [0.29, 0.717) is 12.6 Å². The van der Waals surface area contributed by atoms with Crippen LogP contribution in [0, 0.1) is 0 Å². The van der Waals surface area contributed by atoms with Crippen molar-refractivity contribution < 1.29 is 9.53 Å². The zero-order chi connectivity index (χ0) is 13.8.